The van der Waals surface area contributed by atoms with E-state index < -0.39 is 0 Å². The maximum absolute atomic E-state index is 11.8. The lowest BCUT2D eigenvalue weighted by molar-refractivity contribution is -0.0897. The zero-order valence-electron chi connectivity index (χ0n) is 11.1. The van der Waals surface area contributed by atoms with Gasteiger partial charge in [-0.1, -0.05) is 30.3 Å². The first-order chi connectivity index (χ1) is 8.54. The summed E-state index contributed by atoms with van der Waals surface area (Å²) in [7, 11) is 1.41. The molecule has 2 rings (SSSR count). The highest BCUT2D eigenvalue weighted by Gasteiger charge is 2.39. The van der Waals surface area contributed by atoms with Gasteiger partial charge in [0.05, 0.1) is 25.8 Å². The van der Waals surface area contributed by atoms with Crippen molar-refractivity contribution < 1.29 is 14.3 Å². The van der Waals surface area contributed by atoms with Crippen LogP contribution in [0.25, 0.3) is 0 Å². The molecule has 98 valence electrons. The van der Waals surface area contributed by atoms with Gasteiger partial charge >= 0.3 is 6.09 Å². The Kier molecular flexibility index (Phi) is 3.57. The Balaban J connectivity index is 2.17. The topological polar surface area (TPSA) is 38.8 Å². The molecule has 4 nitrogen and oxygen atoms in total. The number of hydrogen-bond acceptors (Lipinski definition) is 3. The number of carbonyl (C=O) groups is 1. The van der Waals surface area contributed by atoms with Gasteiger partial charge in [0.2, 0.25) is 0 Å². The first-order valence-electron chi connectivity index (χ1n) is 6.07. The molecule has 0 spiro atoms. The lowest BCUT2D eigenvalue weighted by Gasteiger charge is -2.44. The lowest BCUT2D eigenvalue weighted by atomic mass is 9.99. The van der Waals surface area contributed by atoms with Gasteiger partial charge in [0.15, 0.2) is 0 Å². The minimum Gasteiger partial charge on any atom is -0.453 e. The molecule has 1 heterocycles. The fourth-order valence-electron chi connectivity index (χ4n) is 2.15. The maximum Gasteiger partial charge on any atom is 0.410 e. The molecule has 1 saturated heterocycles. The Morgan fingerprint density at radius 3 is 2.67 bits per heavy atom. The second kappa shape index (κ2) is 4.98. The van der Waals surface area contributed by atoms with Crippen molar-refractivity contribution in [1.29, 1.82) is 0 Å². The predicted molar refractivity (Wildman–Crippen MR) is 68.3 cm³/mol. The van der Waals surface area contributed by atoms with Crippen molar-refractivity contribution in [3.63, 3.8) is 0 Å². The van der Waals surface area contributed by atoms with Crippen molar-refractivity contribution in [3.05, 3.63) is 35.9 Å². The van der Waals surface area contributed by atoms with E-state index in [-0.39, 0.29) is 17.7 Å². The summed E-state index contributed by atoms with van der Waals surface area (Å²) >= 11 is 0. The van der Waals surface area contributed by atoms with Gasteiger partial charge in [0.1, 0.15) is 6.10 Å². The third-order valence-electron chi connectivity index (χ3n) is 3.28. The molecule has 0 saturated carbocycles. The number of hydrogen-bond donors (Lipinski definition) is 0. The molecule has 0 radical (unpaired) electrons. The van der Waals surface area contributed by atoms with Gasteiger partial charge in [-0.15, -0.1) is 0 Å². The van der Waals surface area contributed by atoms with Crippen LogP contribution in [-0.2, 0) is 9.47 Å². The standard InChI is InChI=1S/C14H19NO3/c1-14(2)10-18-12(9-15(14)13(16)17-3)11-7-5-4-6-8-11/h4-8,12H,9-10H2,1-3H3. The van der Waals surface area contributed by atoms with Crippen LogP contribution in [0.3, 0.4) is 0 Å². The SMILES string of the molecule is COC(=O)N1CC(c2ccccc2)OCC1(C)C. The van der Waals surface area contributed by atoms with E-state index in [1.807, 2.05) is 44.2 Å². The molecule has 0 aromatic heterocycles. The number of morpholine rings is 1. The van der Waals surface area contributed by atoms with Crippen molar-refractivity contribution >= 4 is 6.09 Å². The van der Waals surface area contributed by atoms with E-state index in [1.54, 1.807) is 4.90 Å². The van der Waals surface area contributed by atoms with Gasteiger partial charge in [0.25, 0.3) is 0 Å². The molecule has 1 aliphatic heterocycles. The van der Waals surface area contributed by atoms with Crippen molar-refractivity contribution in [2.45, 2.75) is 25.5 Å². The van der Waals surface area contributed by atoms with Gasteiger partial charge in [-0.2, -0.15) is 0 Å². The van der Waals surface area contributed by atoms with Crippen LogP contribution in [0, 0.1) is 0 Å². The zero-order chi connectivity index (χ0) is 13.2. The van der Waals surface area contributed by atoms with E-state index in [1.165, 1.54) is 7.11 Å². The molecule has 1 unspecified atom stereocenters. The monoisotopic (exact) mass is 249 g/mol. The van der Waals surface area contributed by atoms with Gasteiger partial charge in [-0.25, -0.2) is 4.79 Å². The molecule has 1 aromatic rings. The third-order valence-corrected chi connectivity index (χ3v) is 3.28. The first kappa shape index (κ1) is 12.9. The fourth-order valence-corrected chi connectivity index (χ4v) is 2.15. The van der Waals surface area contributed by atoms with E-state index >= 15 is 0 Å². The predicted octanol–water partition coefficient (Wildman–Crippen LogP) is 2.60. The Morgan fingerprint density at radius 1 is 1.39 bits per heavy atom. The van der Waals surface area contributed by atoms with E-state index in [9.17, 15) is 4.79 Å². The summed E-state index contributed by atoms with van der Waals surface area (Å²) in [5.41, 5.74) is 0.750. The number of rotatable bonds is 1. The summed E-state index contributed by atoms with van der Waals surface area (Å²) in [4.78, 5) is 13.5. The summed E-state index contributed by atoms with van der Waals surface area (Å²) in [6, 6.07) is 9.94. The van der Waals surface area contributed by atoms with Crippen molar-refractivity contribution in [3.8, 4) is 0 Å². The molecule has 0 bridgehead atoms. The van der Waals surface area contributed by atoms with E-state index in [0.717, 1.165) is 5.56 Å². The Bertz CT molecular complexity index is 416. The average Bonchev–Trinajstić information content (AvgIpc) is 2.38. The van der Waals surface area contributed by atoms with Crippen LogP contribution in [0.4, 0.5) is 4.79 Å². The van der Waals surface area contributed by atoms with E-state index in [0.29, 0.717) is 13.2 Å². The van der Waals surface area contributed by atoms with Crippen LogP contribution in [0.2, 0.25) is 0 Å². The third kappa shape index (κ3) is 2.48. The number of benzene rings is 1. The van der Waals surface area contributed by atoms with Gasteiger partial charge < -0.3 is 9.47 Å². The molecule has 0 N–H and O–H groups in total. The summed E-state index contributed by atoms with van der Waals surface area (Å²) in [5.74, 6) is 0. The largest absolute Gasteiger partial charge is 0.453 e. The summed E-state index contributed by atoms with van der Waals surface area (Å²) in [6.07, 6.45) is -0.387. The van der Waals surface area contributed by atoms with E-state index in [2.05, 4.69) is 0 Å². The maximum atomic E-state index is 11.8. The van der Waals surface area contributed by atoms with Gasteiger partial charge in [-0.05, 0) is 19.4 Å². The normalized spacial score (nSPS) is 22.6. The number of amides is 1. The summed E-state index contributed by atoms with van der Waals surface area (Å²) in [6.45, 7) is 4.97. The Labute approximate surface area is 107 Å². The van der Waals surface area contributed by atoms with Crippen molar-refractivity contribution in [2.75, 3.05) is 20.3 Å². The van der Waals surface area contributed by atoms with Crippen LogP contribution in [0.15, 0.2) is 30.3 Å². The summed E-state index contributed by atoms with van der Waals surface area (Å²) in [5, 5.41) is 0. The first-order valence-corrected chi connectivity index (χ1v) is 6.07. The van der Waals surface area contributed by atoms with Crippen LogP contribution in [-0.4, -0.2) is 36.8 Å². The molecule has 0 aliphatic carbocycles. The molecule has 1 aromatic carbocycles. The fraction of sp³-hybridized carbons (Fsp3) is 0.500. The highest BCUT2D eigenvalue weighted by Crippen LogP contribution is 2.30. The number of methoxy groups -OCH3 is 1. The average molecular weight is 249 g/mol. The Hall–Kier alpha value is -1.55. The Morgan fingerprint density at radius 2 is 2.06 bits per heavy atom. The van der Waals surface area contributed by atoms with Crippen LogP contribution >= 0.6 is 0 Å². The second-order valence-corrected chi connectivity index (χ2v) is 5.10. The quantitative estimate of drug-likeness (QED) is 0.768. The van der Waals surface area contributed by atoms with Crippen LogP contribution in [0.1, 0.15) is 25.5 Å². The molecule has 1 amide bonds. The molecular formula is C14H19NO3. The molecule has 1 fully saturated rings. The van der Waals surface area contributed by atoms with Crippen molar-refractivity contribution in [1.82, 2.24) is 4.90 Å². The van der Waals surface area contributed by atoms with Gasteiger partial charge in [-0.3, -0.25) is 4.90 Å². The minimum atomic E-state index is -0.335. The molecule has 18 heavy (non-hydrogen) atoms. The highest BCUT2D eigenvalue weighted by molar-refractivity contribution is 5.68. The lowest BCUT2D eigenvalue weighted by Crippen LogP contribution is -2.56. The van der Waals surface area contributed by atoms with Crippen molar-refractivity contribution in [2.24, 2.45) is 0 Å². The summed E-state index contributed by atoms with van der Waals surface area (Å²) < 4.78 is 10.7. The molecular weight excluding hydrogens is 230 g/mol. The van der Waals surface area contributed by atoms with Crippen LogP contribution < -0.4 is 0 Å². The second-order valence-electron chi connectivity index (χ2n) is 5.10. The molecule has 1 aliphatic rings. The smallest absolute Gasteiger partial charge is 0.410 e. The molecule has 4 heteroatoms. The number of carbonyl (C=O) groups excluding carboxylic acids is 1. The van der Waals surface area contributed by atoms with Gasteiger partial charge in [0, 0.05) is 0 Å². The minimum absolute atomic E-state index is 0.0849. The number of nitrogens with zero attached hydrogens (tertiary/aromatic N) is 1. The zero-order valence-corrected chi connectivity index (χ0v) is 11.1. The highest BCUT2D eigenvalue weighted by atomic mass is 16.5. The molecule has 1 atom stereocenters. The van der Waals surface area contributed by atoms with E-state index in [4.69, 9.17) is 9.47 Å². The van der Waals surface area contributed by atoms with Crippen LogP contribution in [0.5, 0.6) is 0 Å². The number of ether oxygens (including phenoxy) is 2.